The van der Waals surface area contributed by atoms with Crippen molar-refractivity contribution in [2.45, 2.75) is 37.8 Å². The maximum atomic E-state index is 15.1. The Morgan fingerprint density at radius 3 is 2.85 bits per heavy atom. The van der Waals surface area contributed by atoms with E-state index in [1.54, 1.807) is 35.7 Å². The number of nitrogen functional groups attached to an aromatic ring is 1. The second-order valence-corrected chi connectivity index (χ2v) is 11.2. The van der Waals surface area contributed by atoms with Gasteiger partial charge in [0.1, 0.15) is 0 Å². The van der Waals surface area contributed by atoms with Crippen LogP contribution in [0.2, 0.25) is 0 Å². The van der Waals surface area contributed by atoms with Gasteiger partial charge in [0.05, 0.1) is 33.1 Å². The molecule has 1 saturated carbocycles. The van der Waals surface area contributed by atoms with Gasteiger partial charge in [-0.25, -0.2) is 19.3 Å². The minimum absolute atomic E-state index is 0.121. The van der Waals surface area contributed by atoms with Crippen molar-refractivity contribution in [1.29, 1.82) is 0 Å². The van der Waals surface area contributed by atoms with E-state index in [2.05, 4.69) is 17.2 Å². The van der Waals surface area contributed by atoms with Crippen LogP contribution in [0.15, 0.2) is 30.5 Å². The summed E-state index contributed by atoms with van der Waals surface area (Å²) in [6.45, 7) is 2.81. The lowest BCUT2D eigenvalue weighted by Crippen LogP contribution is -2.21. The molecule has 172 valence electrons. The van der Waals surface area contributed by atoms with E-state index in [-0.39, 0.29) is 17.7 Å². The molecule has 0 spiro atoms. The fourth-order valence-electron chi connectivity index (χ4n) is 4.98. The summed E-state index contributed by atoms with van der Waals surface area (Å²) in [6.07, 6.45) is 3.78. The average Bonchev–Trinajstić information content (AvgIpc) is 3.18. The van der Waals surface area contributed by atoms with Gasteiger partial charge in [-0.2, -0.15) is 11.8 Å². The third kappa shape index (κ3) is 4.00. The smallest absolute Gasteiger partial charge is 0.223 e. The molecular formula is C24H26FN5OS2. The SMILES string of the molecule is CC1CC(c2nc(-c3cccc(N)c3F)c(-c3ccnc(NC4C5CSCC54)n3)s2)CCO1. The Balaban J connectivity index is 1.38. The van der Waals surface area contributed by atoms with Crippen molar-refractivity contribution < 1.29 is 9.13 Å². The Kier molecular flexibility index (Phi) is 5.50. The Morgan fingerprint density at radius 2 is 2.03 bits per heavy atom. The molecule has 0 bridgehead atoms. The van der Waals surface area contributed by atoms with Crippen LogP contribution in [0, 0.1) is 17.7 Å². The summed E-state index contributed by atoms with van der Waals surface area (Å²) in [5.41, 5.74) is 7.78. The van der Waals surface area contributed by atoms with E-state index >= 15 is 4.39 Å². The van der Waals surface area contributed by atoms with Crippen molar-refractivity contribution in [2.75, 3.05) is 29.2 Å². The molecular weight excluding hydrogens is 457 g/mol. The molecule has 0 amide bonds. The van der Waals surface area contributed by atoms with E-state index < -0.39 is 5.82 Å². The maximum absolute atomic E-state index is 15.1. The van der Waals surface area contributed by atoms with Gasteiger partial charge in [0, 0.05) is 30.3 Å². The zero-order chi connectivity index (χ0) is 22.5. The number of thiazole rings is 1. The molecule has 4 unspecified atom stereocenters. The topological polar surface area (TPSA) is 86.0 Å². The van der Waals surface area contributed by atoms with E-state index in [1.807, 2.05) is 17.8 Å². The lowest BCUT2D eigenvalue weighted by molar-refractivity contribution is 0.0186. The number of thioether (sulfide) groups is 1. The minimum atomic E-state index is -0.438. The third-order valence-corrected chi connectivity index (χ3v) is 9.38. The number of nitrogens with one attached hydrogen (secondary N) is 1. The van der Waals surface area contributed by atoms with Gasteiger partial charge in [-0.15, -0.1) is 11.3 Å². The zero-order valence-corrected chi connectivity index (χ0v) is 20.0. The monoisotopic (exact) mass is 483 g/mol. The number of ether oxygens (including phenoxy) is 1. The van der Waals surface area contributed by atoms with Gasteiger partial charge in [-0.05, 0) is 61.3 Å². The van der Waals surface area contributed by atoms with Crippen LogP contribution in [0.3, 0.4) is 0 Å². The highest BCUT2D eigenvalue weighted by atomic mass is 32.2. The number of benzene rings is 1. The summed E-state index contributed by atoms with van der Waals surface area (Å²) in [6, 6.07) is 7.43. The third-order valence-electron chi connectivity index (χ3n) is 6.90. The van der Waals surface area contributed by atoms with Crippen LogP contribution < -0.4 is 11.1 Å². The summed E-state index contributed by atoms with van der Waals surface area (Å²) in [4.78, 5) is 15.1. The molecule has 1 aliphatic carbocycles. The highest BCUT2D eigenvalue weighted by Crippen LogP contribution is 2.51. The number of hydrogen-bond acceptors (Lipinski definition) is 8. The van der Waals surface area contributed by atoms with Crippen molar-refractivity contribution in [1.82, 2.24) is 15.0 Å². The normalized spacial score (nSPS) is 28.5. The van der Waals surface area contributed by atoms with Crippen molar-refractivity contribution in [2.24, 2.45) is 11.8 Å². The number of aromatic nitrogens is 3. The van der Waals surface area contributed by atoms with E-state index in [1.165, 1.54) is 11.5 Å². The Morgan fingerprint density at radius 1 is 1.18 bits per heavy atom. The number of halogens is 1. The predicted octanol–water partition coefficient (Wildman–Crippen LogP) is 5.04. The van der Waals surface area contributed by atoms with Crippen LogP contribution in [-0.4, -0.2) is 45.2 Å². The lowest BCUT2D eigenvalue weighted by atomic mass is 9.97. The van der Waals surface area contributed by atoms with E-state index in [9.17, 15) is 0 Å². The standard InChI is InChI=1S/C24H26FN5OS2/c1-12-9-13(6-8-31-12)23-29-21(14-3-2-4-17(26)19(14)25)22(33-23)18-5-7-27-24(28-18)30-20-15-10-32-11-16(15)20/h2-5,7,12-13,15-16,20H,6,8-11,26H2,1H3,(H,27,28,30). The first kappa shape index (κ1) is 21.3. The predicted molar refractivity (Wildman–Crippen MR) is 132 cm³/mol. The Hall–Kier alpha value is -2.23. The van der Waals surface area contributed by atoms with Crippen LogP contribution in [0.4, 0.5) is 16.0 Å². The first-order chi connectivity index (χ1) is 16.1. The summed E-state index contributed by atoms with van der Waals surface area (Å²) in [5.74, 6) is 4.36. The van der Waals surface area contributed by atoms with Gasteiger partial charge < -0.3 is 15.8 Å². The molecule has 1 aromatic carbocycles. The molecule has 3 aliphatic rings. The molecule has 2 aliphatic heterocycles. The summed E-state index contributed by atoms with van der Waals surface area (Å²) in [7, 11) is 0. The second-order valence-electron chi connectivity index (χ2n) is 9.14. The minimum Gasteiger partial charge on any atom is -0.396 e. The van der Waals surface area contributed by atoms with Crippen LogP contribution in [0.1, 0.15) is 30.7 Å². The maximum Gasteiger partial charge on any atom is 0.223 e. The molecule has 0 radical (unpaired) electrons. The molecule has 3 fully saturated rings. The molecule has 3 aromatic rings. The number of rotatable bonds is 5. The molecule has 4 atom stereocenters. The number of nitrogens with two attached hydrogens (primary N) is 1. The largest absolute Gasteiger partial charge is 0.396 e. The highest BCUT2D eigenvalue weighted by Gasteiger charge is 2.53. The number of nitrogens with zero attached hydrogens (tertiary/aromatic N) is 3. The number of anilines is 2. The highest BCUT2D eigenvalue weighted by molar-refractivity contribution is 7.99. The van der Waals surface area contributed by atoms with Crippen molar-refractivity contribution >= 4 is 34.7 Å². The fourth-order valence-corrected chi connectivity index (χ4v) is 7.77. The molecule has 6 nitrogen and oxygen atoms in total. The van der Waals surface area contributed by atoms with E-state index in [0.29, 0.717) is 29.9 Å². The first-order valence-corrected chi connectivity index (χ1v) is 13.4. The molecule has 3 N–H and O–H groups in total. The van der Waals surface area contributed by atoms with E-state index in [4.69, 9.17) is 20.4 Å². The second kappa shape index (κ2) is 8.52. The van der Waals surface area contributed by atoms with Gasteiger partial charge in [-0.1, -0.05) is 6.07 Å². The Labute approximate surface area is 200 Å². The summed E-state index contributed by atoms with van der Waals surface area (Å²) >= 11 is 3.62. The van der Waals surface area contributed by atoms with Crippen LogP contribution >= 0.6 is 23.1 Å². The summed E-state index contributed by atoms with van der Waals surface area (Å²) < 4.78 is 20.8. The van der Waals surface area contributed by atoms with Crippen LogP contribution in [0.5, 0.6) is 0 Å². The molecule has 6 rings (SSSR count). The molecule has 2 aromatic heterocycles. The van der Waals surface area contributed by atoms with Crippen LogP contribution in [0.25, 0.3) is 21.8 Å². The summed E-state index contributed by atoms with van der Waals surface area (Å²) in [5, 5.41) is 4.52. The van der Waals surface area contributed by atoms with Gasteiger partial charge in [0.15, 0.2) is 5.82 Å². The van der Waals surface area contributed by atoms with Gasteiger partial charge in [-0.3, -0.25) is 0 Å². The van der Waals surface area contributed by atoms with Gasteiger partial charge in [0.2, 0.25) is 5.95 Å². The Bertz CT molecular complexity index is 1180. The van der Waals surface area contributed by atoms with Crippen molar-refractivity contribution in [3.05, 3.63) is 41.3 Å². The van der Waals surface area contributed by atoms with Gasteiger partial charge >= 0.3 is 0 Å². The molecule has 33 heavy (non-hydrogen) atoms. The number of hydrogen-bond donors (Lipinski definition) is 2. The number of fused-ring (bicyclic) bond motifs is 1. The molecule has 9 heteroatoms. The molecule has 2 saturated heterocycles. The zero-order valence-electron chi connectivity index (χ0n) is 18.3. The molecule has 4 heterocycles. The first-order valence-electron chi connectivity index (χ1n) is 11.4. The van der Waals surface area contributed by atoms with Gasteiger partial charge in [0.25, 0.3) is 0 Å². The fraction of sp³-hybridized carbons (Fsp3) is 0.458. The van der Waals surface area contributed by atoms with Crippen molar-refractivity contribution in [3.63, 3.8) is 0 Å². The average molecular weight is 484 g/mol. The van der Waals surface area contributed by atoms with E-state index in [0.717, 1.165) is 40.3 Å². The van der Waals surface area contributed by atoms with Crippen molar-refractivity contribution in [3.8, 4) is 21.8 Å². The van der Waals surface area contributed by atoms with Crippen LogP contribution in [-0.2, 0) is 4.74 Å². The quantitative estimate of drug-likeness (QED) is 0.492. The lowest BCUT2D eigenvalue weighted by Gasteiger charge is -2.25.